The first-order chi connectivity index (χ1) is 9.43. The molecule has 1 atom stereocenters. The molecule has 1 rings (SSSR count). The predicted molar refractivity (Wildman–Crippen MR) is 79.6 cm³/mol. The molecule has 0 aliphatic rings. The molecule has 1 unspecified atom stereocenters. The van der Waals surface area contributed by atoms with Gasteiger partial charge in [-0.25, -0.2) is 9.59 Å². The lowest BCUT2D eigenvalue weighted by molar-refractivity contribution is 0.0697. The number of nitrogens with one attached hydrogen (secondary N) is 2. The summed E-state index contributed by atoms with van der Waals surface area (Å²) in [5, 5.41) is 14.6. The van der Waals surface area contributed by atoms with E-state index in [9.17, 15) is 9.59 Å². The molecule has 0 fully saturated rings. The fourth-order valence-electron chi connectivity index (χ4n) is 1.72. The number of aromatic carboxylic acids is 1. The zero-order valence-electron chi connectivity index (χ0n) is 11.6. The number of halogens is 1. The Labute approximate surface area is 123 Å². The maximum absolute atomic E-state index is 11.8. The molecule has 0 aromatic heterocycles. The Morgan fingerprint density at radius 1 is 1.40 bits per heavy atom. The van der Waals surface area contributed by atoms with Crippen molar-refractivity contribution < 1.29 is 14.7 Å². The largest absolute Gasteiger partial charge is 0.478 e. The average Bonchev–Trinajstić information content (AvgIpc) is 2.38. The molecule has 1 aromatic carbocycles. The van der Waals surface area contributed by atoms with Crippen LogP contribution in [0.3, 0.4) is 0 Å². The number of benzene rings is 1. The summed E-state index contributed by atoms with van der Waals surface area (Å²) in [4.78, 5) is 22.7. The number of carbonyl (C=O) groups excluding carboxylic acids is 1. The normalized spacial score (nSPS) is 11.8. The molecule has 0 heterocycles. The minimum Gasteiger partial charge on any atom is -0.478 e. The van der Waals surface area contributed by atoms with Gasteiger partial charge >= 0.3 is 12.0 Å². The number of carboxylic acid groups (broad SMARTS) is 1. The van der Waals surface area contributed by atoms with Gasteiger partial charge in [0.25, 0.3) is 0 Å². The third-order valence-electron chi connectivity index (χ3n) is 2.83. The van der Waals surface area contributed by atoms with E-state index in [1.54, 1.807) is 0 Å². The summed E-state index contributed by atoms with van der Waals surface area (Å²) in [6.07, 6.45) is 3.00. The van der Waals surface area contributed by atoms with Crippen LogP contribution in [0, 0.1) is 0 Å². The molecule has 0 saturated heterocycles. The average molecular weight is 299 g/mol. The zero-order valence-corrected chi connectivity index (χ0v) is 12.3. The Morgan fingerprint density at radius 2 is 2.10 bits per heavy atom. The monoisotopic (exact) mass is 298 g/mol. The summed E-state index contributed by atoms with van der Waals surface area (Å²) in [7, 11) is 0. The number of urea groups is 1. The molecule has 0 aliphatic carbocycles. The predicted octanol–water partition coefficient (Wildman–Crippen LogP) is 3.74. The number of rotatable bonds is 6. The standard InChI is InChI=1S/C14H19ClN2O3/c1-3-4-5-9(2)16-14(20)17-12-8-10(13(18)19)6-7-11(12)15/h6-9H,3-5H2,1-2H3,(H,18,19)(H2,16,17,20). The summed E-state index contributed by atoms with van der Waals surface area (Å²) in [5.74, 6) is -1.07. The van der Waals surface area contributed by atoms with Gasteiger partial charge in [-0.2, -0.15) is 0 Å². The van der Waals surface area contributed by atoms with E-state index in [-0.39, 0.29) is 17.3 Å². The summed E-state index contributed by atoms with van der Waals surface area (Å²) < 4.78 is 0. The highest BCUT2D eigenvalue weighted by molar-refractivity contribution is 6.33. The number of amides is 2. The van der Waals surface area contributed by atoms with Crippen molar-refractivity contribution >= 4 is 29.3 Å². The van der Waals surface area contributed by atoms with Crippen molar-refractivity contribution in [1.82, 2.24) is 5.32 Å². The van der Waals surface area contributed by atoms with Gasteiger partial charge in [-0.3, -0.25) is 0 Å². The minimum atomic E-state index is -1.07. The van der Waals surface area contributed by atoms with E-state index in [4.69, 9.17) is 16.7 Å². The van der Waals surface area contributed by atoms with E-state index < -0.39 is 12.0 Å². The van der Waals surface area contributed by atoms with Crippen LogP contribution >= 0.6 is 11.6 Å². The van der Waals surface area contributed by atoms with Crippen molar-refractivity contribution in [2.45, 2.75) is 39.2 Å². The Hall–Kier alpha value is -1.75. The highest BCUT2D eigenvalue weighted by Crippen LogP contribution is 2.23. The summed E-state index contributed by atoms with van der Waals surface area (Å²) in [6.45, 7) is 4.01. The lowest BCUT2D eigenvalue weighted by Crippen LogP contribution is -2.36. The van der Waals surface area contributed by atoms with Crippen LogP contribution in [0.4, 0.5) is 10.5 Å². The summed E-state index contributed by atoms with van der Waals surface area (Å²) in [6, 6.07) is 3.83. The Balaban J connectivity index is 2.65. The molecular formula is C14H19ClN2O3. The lowest BCUT2D eigenvalue weighted by atomic mass is 10.1. The van der Waals surface area contributed by atoms with E-state index in [1.165, 1.54) is 18.2 Å². The lowest BCUT2D eigenvalue weighted by Gasteiger charge is -2.15. The van der Waals surface area contributed by atoms with Gasteiger partial charge < -0.3 is 15.7 Å². The molecule has 5 nitrogen and oxygen atoms in total. The maximum Gasteiger partial charge on any atom is 0.335 e. The second-order valence-corrected chi connectivity index (χ2v) is 5.05. The van der Waals surface area contributed by atoms with E-state index in [0.29, 0.717) is 5.02 Å². The molecule has 20 heavy (non-hydrogen) atoms. The fraction of sp³-hybridized carbons (Fsp3) is 0.429. The van der Waals surface area contributed by atoms with Crippen LogP contribution in [0.25, 0.3) is 0 Å². The van der Waals surface area contributed by atoms with Crippen LogP contribution in [0.2, 0.25) is 5.02 Å². The van der Waals surface area contributed by atoms with Gasteiger partial charge in [0.2, 0.25) is 0 Å². The van der Waals surface area contributed by atoms with Crippen LogP contribution in [-0.4, -0.2) is 23.1 Å². The second kappa shape index (κ2) is 7.75. The van der Waals surface area contributed by atoms with Crippen LogP contribution in [0.5, 0.6) is 0 Å². The highest BCUT2D eigenvalue weighted by atomic mass is 35.5. The van der Waals surface area contributed by atoms with E-state index in [0.717, 1.165) is 19.3 Å². The molecule has 0 radical (unpaired) electrons. The van der Waals surface area contributed by atoms with Gasteiger partial charge in [0, 0.05) is 6.04 Å². The number of hydrogen-bond acceptors (Lipinski definition) is 2. The Bertz CT molecular complexity index is 491. The first-order valence-corrected chi connectivity index (χ1v) is 6.92. The molecule has 3 N–H and O–H groups in total. The first-order valence-electron chi connectivity index (χ1n) is 6.54. The Morgan fingerprint density at radius 3 is 2.70 bits per heavy atom. The van der Waals surface area contributed by atoms with E-state index in [2.05, 4.69) is 17.6 Å². The third kappa shape index (κ3) is 5.09. The molecule has 0 aliphatic heterocycles. The van der Waals surface area contributed by atoms with Crippen molar-refractivity contribution in [1.29, 1.82) is 0 Å². The maximum atomic E-state index is 11.8. The number of unbranched alkanes of at least 4 members (excludes halogenated alkanes) is 1. The molecule has 110 valence electrons. The minimum absolute atomic E-state index is 0.0522. The van der Waals surface area contributed by atoms with E-state index in [1.807, 2.05) is 6.92 Å². The van der Waals surface area contributed by atoms with Crippen LogP contribution in [-0.2, 0) is 0 Å². The molecule has 2 amide bonds. The first kappa shape index (κ1) is 16.3. The number of anilines is 1. The third-order valence-corrected chi connectivity index (χ3v) is 3.16. The number of carboxylic acids is 1. The topological polar surface area (TPSA) is 78.4 Å². The molecule has 0 bridgehead atoms. The van der Waals surface area contributed by atoms with Crippen molar-refractivity contribution in [2.75, 3.05) is 5.32 Å². The molecule has 0 saturated carbocycles. The summed E-state index contributed by atoms with van der Waals surface area (Å²) in [5.41, 5.74) is 0.357. The molecule has 1 aromatic rings. The summed E-state index contributed by atoms with van der Waals surface area (Å²) >= 11 is 5.93. The van der Waals surface area contributed by atoms with Gasteiger partial charge in [0.1, 0.15) is 0 Å². The van der Waals surface area contributed by atoms with Crippen molar-refractivity contribution in [3.05, 3.63) is 28.8 Å². The molecule has 0 spiro atoms. The quantitative estimate of drug-likeness (QED) is 0.748. The van der Waals surface area contributed by atoms with Crippen LogP contribution < -0.4 is 10.6 Å². The molecule has 6 heteroatoms. The van der Waals surface area contributed by atoms with Gasteiger partial charge in [-0.05, 0) is 31.5 Å². The van der Waals surface area contributed by atoms with Crippen molar-refractivity contribution in [2.24, 2.45) is 0 Å². The van der Waals surface area contributed by atoms with Gasteiger partial charge in [-0.1, -0.05) is 31.4 Å². The van der Waals surface area contributed by atoms with Gasteiger partial charge in [-0.15, -0.1) is 0 Å². The van der Waals surface area contributed by atoms with Crippen LogP contribution in [0.1, 0.15) is 43.5 Å². The molecular weight excluding hydrogens is 280 g/mol. The number of hydrogen-bond donors (Lipinski definition) is 3. The van der Waals surface area contributed by atoms with Crippen molar-refractivity contribution in [3.63, 3.8) is 0 Å². The Kier molecular flexibility index (Phi) is 6.31. The van der Waals surface area contributed by atoms with E-state index >= 15 is 0 Å². The smallest absolute Gasteiger partial charge is 0.335 e. The number of carbonyl (C=O) groups is 2. The fourth-order valence-corrected chi connectivity index (χ4v) is 1.88. The van der Waals surface area contributed by atoms with Gasteiger partial charge in [0.05, 0.1) is 16.3 Å². The zero-order chi connectivity index (χ0) is 15.1. The second-order valence-electron chi connectivity index (χ2n) is 4.64. The highest BCUT2D eigenvalue weighted by Gasteiger charge is 2.11. The van der Waals surface area contributed by atoms with Gasteiger partial charge in [0.15, 0.2) is 0 Å². The van der Waals surface area contributed by atoms with Crippen molar-refractivity contribution in [3.8, 4) is 0 Å². The SMILES string of the molecule is CCCCC(C)NC(=O)Nc1cc(C(=O)O)ccc1Cl. The van der Waals surface area contributed by atoms with Crippen LogP contribution in [0.15, 0.2) is 18.2 Å².